The molecule has 1 aliphatic rings. The maximum absolute atomic E-state index is 9.54. The minimum Gasteiger partial charge on any atom is -0.396 e. The number of aryl methyl sites for hydroxylation is 1. The van der Waals surface area contributed by atoms with Gasteiger partial charge in [-0.3, -0.25) is 0 Å². The molecule has 1 fully saturated rings. The van der Waals surface area contributed by atoms with E-state index in [1.807, 2.05) is 13.0 Å². The summed E-state index contributed by atoms with van der Waals surface area (Å²) in [6.45, 7) is 4.14. The van der Waals surface area contributed by atoms with Crippen LogP contribution in [-0.2, 0) is 6.42 Å². The van der Waals surface area contributed by atoms with Crippen LogP contribution in [0.3, 0.4) is 0 Å². The highest BCUT2D eigenvalue weighted by Gasteiger charge is 2.33. The van der Waals surface area contributed by atoms with E-state index in [1.54, 1.807) is 0 Å². The van der Waals surface area contributed by atoms with E-state index in [4.69, 9.17) is 11.6 Å². The molecule has 1 aromatic carbocycles. The molecule has 0 spiro atoms. The van der Waals surface area contributed by atoms with Crippen molar-refractivity contribution in [1.82, 2.24) is 5.32 Å². The average Bonchev–Trinajstić information content (AvgIpc) is 2.72. The van der Waals surface area contributed by atoms with Crippen molar-refractivity contribution in [1.29, 1.82) is 0 Å². The van der Waals surface area contributed by atoms with E-state index in [1.165, 1.54) is 5.56 Å². The van der Waals surface area contributed by atoms with Crippen LogP contribution in [0, 0.1) is 12.3 Å². The maximum atomic E-state index is 9.54. The molecule has 0 radical (unpaired) electrons. The molecule has 1 aromatic rings. The van der Waals surface area contributed by atoms with Crippen molar-refractivity contribution in [3.63, 3.8) is 0 Å². The van der Waals surface area contributed by atoms with Gasteiger partial charge in [-0.1, -0.05) is 23.7 Å². The van der Waals surface area contributed by atoms with Gasteiger partial charge in [-0.2, -0.15) is 0 Å². The van der Waals surface area contributed by atoms with Crippen LogP contribution in [0.4, 0.5) is 0 Å². The molecule has 88 valence electrons. The number of aliphatic hydroxyl groups excluding tert-OH is 1. The Morgan fingerprint density at radius 3 is 2.88 bits per heavy atom. The first-order valence-electron chi connectivity index (χ1n) is 5.72. The fourth-order valence-electron chi connectivity index (χ4n) is 2.34. The molecular weight excluding hydrogens is 222 g/mol. The van der Waals surface area contributed by atoms with E-state index < -0.39 is 0 Å². The maximum Gasteiger partial charge on any atom is 0.0503 e. The van der Waals surface area contributed by atoms with Crippen LogP contribution in [0.5, 0.6) is 0 Å². The van der Waals surface area contributed by atoms with Gasteiger partial charge in [-0.15, -0.1) is 0 Å². The van der Waals surface area contributed by atoms with Crippen molar-refractivity contribution >= 4 is 11.6 Å². The van der Waals surface area contributed by atoms with Gasteiger partial charge in [0.1, 0.15) is 0 Å². The predicted octanol–water partition coefficient (Wildman–Crippen LogP) is 2.16. The zero-order chi connectivity index (χ0) is 11.6. The van der Waals surface area contributed by atoms with Crippen molar-refractivity contribution in [2.45, 2.75) is 19.8 Å². The molecule has 1 heterocycles. The van der Waals surface area contributed by atoms with Crippen LogP contribution in [-0.4, -0.2) is 24.8 Å². The molecule has 1 atom stereocenters. The Balaban J connectivity index is 2.19. The Kier molecular flexibility index (Phi) is 3.53. The number of hydrogen-bond acceptors (Lipinski definition) is 2. The highest BCUT2D eigenvalue weighted by atomic mass is 35.5. The van der Waals surface area contributed by atoms with E-state index in [-0.39, 0.29) is 12.0 Å². The van der Waals surface area contributed by atoms with Gasteiger partial charge in [0.25, 0.3) is 0 Å². The van der Waals surface area contributed by atoms with Gasteiger partial charge in [0.2, 0.25) is 0 Å². The van der Waals surface area contributed by atoms with E-state index in [0.29, 0.717) is 0 Å². The zero-order valence-corrected chi connectivity index (χ0v) is 10.3. The number of rotatable bonds is 3. The second kappa shape index (κ2) is 4.74. The lowest BCUT2D eigenvalue weighted by molar-refractivity contribution is 0.143. The first-order chi connectivity index (χ1) is 7.65. The summed E-state index contributed by atoms with van der Waals surface area (Å²) in [6.07, 6.45) is 1.88. The summed E-state index contributed by atoms with van der Waals surface area (Å²) >= 11 is 6.22. The third kappa shape index (κ3) is 2.40. The van der Waals surface area contributed by atoms with Gasteiger partial charge in [0.05, 0.1) is 6.61 Å². The Bertz CT molecular complexity index is 372. The zero-order valence-electron chi connectivity index (χ0n) is 9.59. The largest absolute Gasteiger partial charge is 0.396 e. The lowest BCUT2D eigenvalue weighted by Crippen LogP contribution is -2.30. The van der Waals surface area contributed by atoms with Gasteiger partial charge >= 0.3 is 0 Å². The summed E-state index contributed by atoms with van der Waals surface area (Å²) in [5, 5.41) is 13.7. The van der Waals surface area contributed by atoms with Gasteiger partial charge in [-0.05, 0) is 43.5 Å². The summed E-state index contributed by atoms with van der Waals surface area (Å²) in [5.41, 5.74) is 2.31. The molecule has 0 aromatic heterocycles. The number of hydrogen-bond donors (Lipinski definition) is 2. The van der Waals surface area contributed by atoms with Crippen molar-refractivity contribution in [3.8, 4) is 0 Å². The second-order valence-corrected chi connectivity index (χ2v) is 5.26. The molecule has 0 saturated carbocycles. The van der Waals surface area contributed by atoms with Gasteiger partial charge in [0, 0.05) is 17.0 Å². The minimum atomic E-state index is -0.0150. The second-order valence-electron chi connectivity index (χ2n) is 4.86. The smallest absolute Gasteiger partial charge is 0.0503 e. The Morgan fingerprint density at radius 1 is 1.50 bits per heavy atom. The standard InChI is InChI=1S/C13H18ClNO/c1-10-2-3-11(12(14)6-10)7-13(9-16)4-5-15-8-13/h2-3,6,15-16H,4-5,7-9H2,1H3. The molecule has 0 bridgehead atoms. The summed E-state index contributed by atoms with van der Waals surface area (Å²) in [6, 6.07) is 6.15. The molecular formula is C13H18ClNO. The first-order valence-corrected chi connectivity index (χ1v) is 6.10. The molecule has 1 aliphatic heterocycles. The molecule has 1 saturated heterocycles. The predicted molar refractivity (Wildman–Crippen MR) is 66.9 cm³/mol. The summed E-state index contributed by atoms with van der Waals surface area (Å²) in [7, 11) is 0. The highest BCUT2D eigenvalue weighted by Crippen LogP contribution is 2.32. The molecule has 2 N–H and O–H groups in total. The minimum absolute atomic E-state index is 0.0150. The van der Waals surface area contributed by atoms with Crippen molar-refractivity contribution < 1.29 is 5.11 Å². The molecule has 0 aliphatic carbocycles. The van der Waals surface area contributed by atoms with E-state index in [2.05, 4.69) is 17.4 Å². The van der Waals surface area contributed by atoms with Crippen molar-refractivity contribution in [2.24, 2.45) is 5.41 Å². The van der Waals surface area contributed by atoms with E-state index in [9.17, 15) is 5.11 Å². The third-order valence-corrected chi connectivity index (χ3v) is 3.79. The van der Waals surface area contributed by atoms with Crippen molar-refractivity contribution in [2.75, 3.05) is 19.7 Å². The van der Waals surface area contributed by atoms with Crippen LogP contribution in [0.15, 0.2) is 18.2 Å². The van der Waals surface area contributed by atoms with Crippen LogP contribution >= 0.6 is 11.6 Å². The van der Waals surface area contributed by atoms with Gasteiger partial charge in [0.15, 0.2) is 0 Å². The number of benzene rings is 1. The molecule has 3 heteroatoms. The quantitative estimate of drug-likeness (QED) is 0.848. The monoisotopic (exact) mass is 239 g/mol. The number of nitrogens with one attached hydrogen (secondary N) is 1. The fraction of sp³-hybridized carbons (Fsp3) is 0.538. The van der Waals surface area contributed by atoms with Crippen LogP contribution < -0.4 is 5.32 Å². The summed E-state index contributed by atoms with van der Waals surface area (Å²) in [5.74, 6) is 0. The van der Waals surface area contributed by atoms with Crippen LogP contribution in [0.25, 0.3) is 0 Å². The van der Waals surface area contributed by atoms with E-state index >= 15 is 0 Å². The normalized spacial score (nSPS) is 24.9. The Morgan fingerprint density at radius 2 is 2.31 bits per heavy atom. The Hall–Kier alpha value is -0.570. The number of halogens is 1. The van der Waals surface area contributed by atoms with Gasteiger partial charge in [-0.25, -0.2) is 0 Å². The molecule has 2 nitrogen and oxygen atoms in total. The molecule has 16 heavy (non-hydrogen) atoms. The summed E-state index contributed by atoms with van der Waals surface area (Å²) < 4.78 is 0. The average molecular weight is 240 g/mol. The topological polar surface area (TPSA) is 32.3 Å². The van der Waals surface area contributed by atoms with Crippen LogP contribution in [0.2, 0.25) is 5.02 Å². The SMILES string of the molecule is Cc1ccc(CC2(CO)CCNC2)c(Cl)c1. The molecule has 2 rings (SSSR count). The van der Waals surface area contributed by atoms with Crippen molar-refractivity contribution in [3.05, 3.63) is 34.3 Å². The Labute approximate surface area is 102 Å². The third-order valence-electron chi connectivity index (χ3n) is 3.44. The van der Waals surface area contributed by atoms with Gasteiger partial charge < -0.3 is 10.4 Å². The van der Waals surface area contributed by atoms with E-state index in [0.717, 1.165) is 36.5 Å². The summed E-state index contributed by atoms with van der Waals surface area (Å²) in [4.78, 5) is 0. The number of aliphatic hydroxyl groups is 1. The highest BCUT2D eigenvalue weighted by molar-refractivity contribution is 6.31. The molecule has 0 amide bonds. The lowest BCUT2D eigenvalue weighted by Gasteiger charge is -2.26. The fourth-order valence-corrected chi connectivity index (χ4v) is 2.64. The van der Waals surface area contributed by atoms with Crippen LogP contribution in [0.1, 0.15) is 17.5 Å². The molecule has 1 unspecified atom stereocenters. The first kappa shape index (κ1) is 11.9. The lowest BCUT2D eigenvalue weighted by atomic mass is 9.81.